The van der Waals surface area contributed by atoms with Crippen LogP contribution in [0.1, 0.15) is 215 Å². The first kappa shape index (κ1) is 82.1. The molecule has 0 amide bonds. The molecule has 15 fully saturated rings. The van der Waals surface area contributed by atoms with Gasteiger partial charge in [-0.25, -0.2) is 0 Å². The molecule has 10 saturated carbocycles. The third-order valence-electron chi connectivity index (χ3n) is 29.3. The van der Waals surface area contributed by atoms with Crippen molar-refractivity contribution in [3.8, 4) is 0 Å². The number of fused-ring (bicyclic) bond motifs is 21. The van der Waals surface area contributed by atoms with Gasteiger partial charge in [0.05, 0.1) is 102 Å². The summed E-state index contributed by atoms with van der Waals surface area (Å²) in [6.07, 6.45) is 8.48. The number of cyclic esters (lactones) is 4. The molecule has 28 atom stereocenters. The van der Waals surface area contributed by atoms with Crippen LogP contribution >= 0.6 is 0 Å². The molecular weight excluding hydrogens is 1380 g/mol. The van der Waals surface area contributed by atoms with Crippen LogP contribution in [-0.2, 0) is 114 Å². The van der Waals surface area contributed by atoms with Gasteiger partial charge in [0.2, 0.25) is 0 Å². The molecule has 28 unspecified atom stereocenters. The number of carbonyl (C=O) groups is 11. The van der Waals surface area contributed by atoms with Gasteiger partial charge < -0.3 is 61.6 Å². The molecule has 5 heterocycles. The maximum atomic E-state index is 12.5. The molecule has 0 aromatic carbocycles. The van der Waals surface area contributed by atoms with Gasteiger partial charge >= 0.3 is 65.7 Å². The van der Waals surface area contributed by atoms with Crippen LogP contribution in [0.25, 0.3) is 0 Å². The van der Waals surface area contributed by atoms with Gasteiger partial charge in [-0.3, -0.25) is 52.7 Å². The second kappa shape index (κ2) is 31.0. The van der Waals surface area contributed by atoms with Gasteiger partial charge in [-0.1, -0.05) is 41.5 Å². The average Bonchev–Trinajstić information content (AvgIpc) is 1.59. The standard InChI is InChI=1S/C19H28O6.C17H26O5.C16H24O5.C16H24O4.C15H22O4/c1-6-18(2,3)17(22)25-19(4,5)9-13(20)23-14-10-7-11-12(8-10)16(21)24-15(11)14;1-5-17(3,4)16(19)22-14-9-7-10(13(14)20-6-2)12-11(9)8-21-15(12)18;1-5-16(2,3)15(18)21-13-8-6-9(12(13)19-4)11-10(8)7-20-14(11)17;1-5-16(3,4)15(18)20-13-8(2)9-6-10(13)11-7-19-14(17)12(9)11;1-4-15(2,3)14(17)19-11-6-8-5-9(11)10-7-18-13(16)12(8)10/h10-12,14-15H,6-9H2,1-5H3;9-14H,5-8H2,1-4H3;8-13H,5-7H2,1-4H3;8-13H,5-7H2,1-4H3;8-12H,4-7H2,1-3H3. The van der Waals surface area contributed by atoms with E-state index in [0.29, 0.717) is 63.1 Å². The van der Waals surface area contributed by atoms with Gasteiger partial charge in [-0.2, -0.15) is 0 Å². The average molecular weight is 1510 g/mol. The van der Waals surface area contributed by atoms with E-state index in [1.165, 1.54) is 0 Å². The van der Waals surface area contributed by atoms with E-state index in [4.69, 9.17) is 61.6 Å². The van der Waals surface area contributed by atoms with Crippen LogP contribution < -0.4 is 0 Å². The number of esters is 11. The summed E-state index contributed by atoms with van der Waals surface area (Å²) < 4.78 is 72.1. The zero-order chi connectivity index (χ0) is 78.4. The molecule has 0 N–H and O–H groups in total. The smallest absolute Gasteiger partial charge is 0.312 e. The molecule has 24 heteroatoms. The Bertz CT molecular complexity index is 3380. The second-order valence-electron chi connectivity index (χ2n) is 37.8. The largest absolute Gasteiger partial charge is 0.465 e. The Morgan fingerprint density at radius 1 is 0.374 bits per heavy atom. The zero-order valence-corrected chi connectivity index (χ0v) is 67.2. The SMILES string of the molecule is CCC(C)(C)C(=O)OC(C)(C)CC(=O)OC1C2CC3C(=O)OC1C3C2.CCC(C)(C)C(=O)OC1C(C)C2CC1C1COC(=O)C21.CCC(C)(C)C(=O)OC1C2CC(C1OC)C1C(=O)OCC21.CCC(C)(C)C(=O)OC1CC2CC1C1COC(=O)C21.CCOC1C2CC(C3COC(=O)C32)C1OC(=O)C(C)(C)CC. The van der Waals surface area contributed by atoms with Crippen LogP contribution in [-0.4, -0.2) is 160 Å². The maximum Gasteiger partial charge on any atom is 0.312 e. The Labute approximate surface area is 632 Å². The summed E-state index contributed by atoms with van der Waals surface area (Å²) in [7, 11) is 1.63. The Morgan fingerprint density at radius 2 is 0.766 bits per heavy atom. The lowest BCUT2D eigenvalue weighted by atomic mass is 9.74. The highest BCUT2D eigenvalue weighted by Gasteiger charge is 2.69. The minimum absolute atomic E-state index is 0.000856. The minimum atomic E-state index is -0.937. The molecule has 10 bridgehead atoms. The van der Waals surface area contributed by atoms with Crippen molar-refractivity contribution >= 4 is 65.7 Å². The van der Waals surface area contributed by atoms with Crippen molar-refractivity contribution in [2.75, 3.05) is 40.1 Å². The highest BCUT2D eigenvalue weighted by Crippen LogP contribution is 2.62. The van der Waals surface area contributed by atoms with Gasteiger partial charge in [0.15, 0.2) is 0 Å². The van der Waals surface area contributed by atoms with E-state index in [1.807, 2.05) is 111 Å². The molecule has 5 aliphatic heterocycles. The summed E-state index contributed by atoms with van der Waals surface area (Å²) in [4.78, 5) is 133. The van der Waals surface area contributed by atoms with Gasteiger partial charge in [-0.05, 0) is 185 Å². The van der Waals surface area contributed by atoms with E-state index in [9.17, 15) is 52.7 Å². The predicted octanol–water partition coefficient (Wildman–Crippen LogP) is 11.2. The van der Waals surface area contributed by atoms with E-state index in [2.05, 4.69) is 6.92 Å². The summed E-state index contributed by atoms with van der Waals surface area (Å²) in [5, 5.41) is 0. The topological polar surface area (TPSA) is 308 Å². The molecular formula is C83H124O24. The lowest BCUT2D eigenvalue weighted by Gasteiger charge is -2.36. The number of hydrogen-bond acceptors (Lipinski definition) is 24. The molecule has 5 saturated heterocycles. The number of hydrogen-bond donors (Lipinski definition) is 0. The second-order valence-corrected chi connectivity index (χ2v) is 37.8. The van der Waals surface area contributed by atoms with Crippen molar-refractivity contribution in [2.24, 2.45) is 145 Å². The van der Waals surface area contributed by atoms with Crippen LogP contribution in [0.4, 0.5) is 0 Å². The Hall–Kier alpha value is -5.91. The summed E-state index contributed by atoms with van der Waals surface area (Å²) in [5.74, 6) is 1.92. The molecule has 0 aromatic rings. The molecule has 0 aromatic heterocycles. The lowest BCUT2D eigenvalue weighted by molar-refractivity contribution is -0.177. The summed E-state index contributed by atoms with van der Waals surface area (Å²) in [5.41, 5.74) is -3.33. The van der Waals surface area contributed by atoms with Crippen LogP contribution in [0.5, 0.6) is 0 Å². The van der Waals surface area contributed by atoms with Crippen molar-refractivity contribution in [3.05, 3.63) is 0 Å². The van der Waals surface area contributed by atoms with E-state index in [1.54, 1.807) is 21.0 Å². The zero-order valence-electron chi connectivity index (χ0n) is 67.2. The first-order valence-corrected chi connectivity index (χ1v) is 40.4. The van der Waals surface area contributed by atoms with E-state index in [0.717, 1.165) is 70.6 Å². The minimum Gasteiger partial charge on any atom is -0.465 e. The lowest BCUT2D eigenvalue weighted by Crippen LogP contribution is -2.47. The van der Waals surface area contributed by atoms with E-state index < -0.39 is 38.6 Å². The third-order valence-corrected chi connectivity index (χ3v) is 29.3. The van der Waals surface area contributed by atoms with E-state index in [-0.39, 0.29) is 210 Å². The summed E-state index contributed by atoms with van der Waals surface area (Å²) in [6.45, 7) is 38.9. The third kappa shape index (κ3) is 15.4. The molecule has 107 heavy (non-hydrogen) atoms. The van der Waals surface area contributed by atoms with Gasteiger partial charge in [0.25, 0.3) is 0 Å². The van der Waals surface area contributed by atoms with Crippen molar-refractivity contribution in [3.63, 3.8) is 0 Å². The number of carbonyl (C=O) groups excluding carboxylic acids is 11. The molecule has 15 aliphatic rings. The van der Waals surface area contributed by atoms with Gasteiger partial charge in [0, 0.05) is 84.7 Å². The van der Waals surface area contributed by atoms with Gasteiger partial charge in [-0.15, -0.1) is 0 Å². The van der Waals surface area contributed by atoms with Crippen LogP contribution in [0, 0.1) is 145 Å². The number of ether oxygens (including phenoxy) is 13. The number of rotatable bonds is 21. The normalized spacial score (nSPS) is 39.1. The fourth-order valence-electron chi connectivity index (χ4n) is 20.7. The predicted molar refractivity (Wildman–Crippen MR) is 382 cm³/mol. The number of methoxy groups -OCH3 is 1. The molecule has 24 nitrogen and oxygen atoms in total. The quantitative estimate of drug-likeness (QED) is 0.0761. The monoisotopic (exact) mass is 1500 g/mol. The van der Waals surface area contributed by atoms with Crippen LogP contribution in [0.15, 0.2) is 0 Å². The first-order chi connectivity index (χ1) is 50.1. The fraction of sp³-hybridized carbons (Fsp3) is 0.867. The van der Waals surface area contributed by atoms with Gasteiger partial charge in [0.1, 0.15) is 42.2 Å². The first-order valence-electron chi connectivity index (χ1n) is 40.4. The van der Waals surface area contributed by atoms with Crippen molar-refractivity contribution in [1.29, 1.82) is 0 Å². The maximum absolute atomic E-state index is 12.5. The van der Waals surface area contributed by atoms with Crippen molar-refractivity contribution in [1.82, 2.24) is 0 Å². The highest BCUT2D eigenvalue weighted by atomic mass is 16.6. The summed E-state index contributed by atoms with van der Waals surface area (Å²) in [6, 6.07) is 0. The van der Waals surface area contributed by atoms with Crippen LogP contribution in [0.2, 0.25) is 0 Å². The molecule has 10 aliphatic carbocycles. The van der Waals surface area contributed by atoms with Crippen molar-refractivity contribution < 1.29 is 114 Å². The molecule has 600 valence electrons. The van der Waals surface area contributed by atoms with Crippen molar-refractivity contribution in [2.45, 2.75) is 269 Å². The Kier molecular flexibility index (Phi) is 23.8. The van der Waals surface area contributed by atoms with Crippen LogP contribution in [0.3, 0.4) is 0 Å². The Morgan fingerprint density at radius 3 is 1.23 bits per heavy atom. The molecule has 0 radical (unpaired) electrons. The fourth-order valence-corrected chi connectivity index (χ4v) is 20.7. The molecule has 15 rings (SSSR count). The Balaban J connectivity index is 0.000000134. The highest BCUT2D eigenvalue weighted by molar-refractivity contribution is 5.82. The van der Waals surface area contributed by atoms with E-state index >= 15 is 0 Å². The summed E-state index contributed by atoms with van der Waals surface area (Å²) >= 11 is 0. The molecule has 0 spiro atoms.